The molecule has 1 rings (SSSR count). The van der Waals surface area contributed by atoms with E-state index in [2.05, 4.69) is 10.6 Å². The summed E-state index contributed by atoms with van der Waals surface area (Å²) >= 11 is 17.6. The highest BCUT2D eigenvalue weighted by Crippen LogP contribution is 2.33. The maximum Gasteiger partial charge on any atom is 0.225 e. The zero-order chi connectivity index (χ0) is 12.1. The molecule has 0 spiro atoms. The Morgan fingerprint density at radius 3 is 2.31 bits per heavy atom. The third kappa shape index (κ3) is 3.83. The number of rotatable bonds is 4. The molecule has 16 heavy (non-hydrogen) atoms. The van der Waals surface area contributed by atoms with E-state index >= 15 is 0 Å². The number of hydrogen-bond acceptors (Lipinski definition) is 2. The molecule has 0 aromatic heterocycles. The molecule has 2 N–H and O–H groups in total. The van der Waals surface area contributed by atoms with Gasteiger partial charge in [-0.3, -0.25) is 4.79 Å². The van der Waals surface area contributed by atoms with Crippen LogP contribution in [0.3, 0.4) is 0 Å². The zero-order valence-corrected chi connectivity index (χ0v) is 10.9. The second-order valence-corrected chi connectivity index (χ2v) is 4.40. The molecule has 0 saturated carbocycles. The fourth-order valence-electron chi connectivity index (χ4n) is 1.10. The van der Waals surface area contributed by atoms with Crippen LogP contribution in [-0.4, -0.2) is 19.5 Å². The summed E-state index contributed by atoms with van der Waals surface area (Å²) in [6.07, 6.45) is 0.353. The van der Waals surface area contributed by atoms with Crippen LogP contribution in [0, 0.1) is 0 Å². The maximum absolute atomic E-state index is 11.5. The van der Waals surface area contributed by atoms with E-state index in [1.165, 1.54) is 12.1 Å². The van der Waals surface area contributed by atoms with Crippen molar-refractivity contribution in [3.63, 3.8) is 0 Å². The highest BCUT2D eigenvalue weighted by molar-refractivity contribution is 6.42. The highest BCUT2D eigenvalue weighted by Gasteiger charge is 2.10. The lowest BCUT2D eigenvalue weighted by atomic mass is 10.3. The molecule has 1 aromatic carbocycles. The van der Waals surface area contributed by atoms with Crippen LogP contribution in [0.15, 0.2) is 12.1 Å². The van der Waals surface area contributed by atoms with Crippen molar-refractivity contribution in [2.24, 2.45) is 0 Å². The molecule has 1 aromatic rings. The Hall–Kier alpha value is -0.480. The fourth-order valence-corrected chi connectivity index (χ4v) is 2.01. The van der Waals surface area contributed by atoms with Crippen LogP contribution >= 0.6 is 34.8 Å². The summed E-state index contributed by atoms with van der Waals surface area (Å²) in [5.74, 6) is -0.152. The second-order valence-electron chi connectivity index (χ2n) is 3.15. The predicted molar refractivity (Wildman–Crippen MR) is 68.6 cm³/mol. The van der Waals surface area contributed by atoms with Crippen molar-refractivity contribution >= 4 is 46.4 Å². The van der Waals surface area contributed by atoms with Gasteiger partial charge in [-0.1, -0.05) is 34.8 Å². The molecule has 3 nitrogen and oxygen atoms in total. The van der Waals surface area contributed by atoms with Gasteiger partial charge < -0.3 is 10.6 Å². The predicted octanol–water partition coefficient (Wildman–Crippen LogP) is 3.19. The van der Waals surface area contributed by atoms with E-state index in [1.807, 2.05) is 0 Å². The van der Waals surface area contributed by atoms with Gasteiger partial charge in [-0.05, 0) is 19.2 Å². The van der Waals surface area contributed by atoms with Crippen molar-refractivity contribution in [1.82, 2.24) is 5.32 Å². The van der Waals surface area contributed by atoms with Crippen LogP contribution < -0.4 is 10.6 Å². The molecule has 0 saturated heterocycles. The summed E-state index contributed by atoms with van der Waals surface area (Å²) in [6.45, 7) is 0.592. The van der Waals surface area contributed by atoms with Crippen molar-refractivity contribution in [3.05, 3.63) is 27.2 Å². The van der Waals surface area contributed by atoms with Gasteiger partial charge in [-0.25, -0.2) is 0 Å². The van der Waals surface area contributed by atoms with E-state index in [0.29, 0.717) is 33.7 Å². The lowest BCUT2D eigenvalue weighted by Gasteiger charge is -2.09. The Bertz CT molecular complexity index is 373. The number of carbonyl (C=O) groups excluding carboxylic acids is 1. The summed E-state index contributed by atoms with van der Waals surface area (Å²) in [5, 5.41) is 6.61. The van der Waals surface area contributed by atoms with Crippen molar-refractivity contribution in [1.29, 1.82) is 0 Å². The topological polar surface area (TPSA) is 41.1 Å². The average molecular weight is 282 g/mol. The van der Waals surface area contributed by atoms with Crippen LogP contribution in [0.5, 0.6) is 0 Å². The number of amides is 1. The van der Waals surface area contributed by atoms with Gasteiger partial charge in [0.25, 0.3) is 0 Å². The Kier molecular flexibility index (Phi) is 5.35. The molecule has 6 heteroatoms. The SMILES string of the molecule is CNCCC(=O)Nc1c(Cl)cc(Cl)cc1Cl. The molecule has 0 aliphatic heterocycles. The highest BCUT2D eigenvalue weighted by atomic mass is 35.5. The van der Waals surface area contributed by atoms with E-state index in [9.17, 15) is 4.79 Å². The molecule has 0 radical (unpaired) electrons. The minimum atomic E-state index is -0.152. The van der Waals surface area contributed by atoms with Crippen LogP contribution in [0.1, 0.15) is 6.42 Å². The van der Waals surface area contributed by atoms with Crippen molar-refractivity contribution < 1.29 is 4.79 Å². The third-order valence-corrected chi connectivity index (χ3v) is 2.69. The first kappa shape index (κ1) is 13.6. The van der Waals surface area contributed by atoms with Crippen LogP contribution in [0.2, 0.25) is 15.1 Å². The molecule has 0 heterocycles. The first-order valence-electron chi connectivity index (χ1n) is 4.63. The maximum atomic E-state index is 11.5. The van der Waals surface area contributed by atoms with Gasteiger partial charge in [0.05, 0.1) is 15.7 Å². The Labute approximate surface area is 109 Å². The van der Waals surface area contributed by atoms with Gasteiger partial charge in [0, 0.05) is 18.0 Å². The summed E-state index contributed by atoms with van der Waals surface area (Å²) in [6, 6.07) is 3.06. The van der Waals surface area contributed by atoms with Crippen molar-refractivity contribution in [2.75, 3.05) is 18.9 Å². The standard InChI is InChI=1S/C10H11Cl3N2O/c1-14-3-2-9(16)15-10-7(12)4-6(11)5-8(10)13/h4-5,14H,2-3H2,1H3,(H,15,16). The molecule has 0 unspecified atom stereocenters. The molecule has 0 aliphatic carbocycles. The van der Waals surface area contributed by atoms with Crippen LogP contribution in [0.25, 0.3) is 0 Å². The third-order valence-electron chi connectivity index (χ3n) is 1.87. The van der Waals surface area contributed by atoms with Gasteiger partial charge in [-0.15, -0.1) is 0 Å². The molecule has 1 amide bonds. The minimum Gasteiger partial charge on any atom is -0.324 e. The van der Waals surface area contributed by atoms with Gasteiger partial charge in [0.1, 0.15) is 0 Å². The van der Waals surface area contributed by atoms with Crippen LogP contribution in [-0.2, 0) is 4.79 Å². The van der Waals surface area contributed by atoms with Gasteiger partial charge in [0.15, 0.2) is 0 Å². The van der Waals surface area contributed by atoms with E-state index in [-0.39, 0.29) is 5.91 Å². The second kappa shape index (κ2) is 6.30. The van der Waals surface area contributed by atoms with E-state index in [4.69, 9.17) is 34.8 Å². The Morgan fingerprint density at radius 2 is 1.81 bits per heavy atom. The molecule has 0 atom stereocenters. The normalized spacial score (nSPS) is 10.2. The van der Waals surface area contributed by atoms with E-state index in [1.54, 1.807) is 7.05 Å². The summed E-state index contributed by atoms with van der Waals surface area (Å²) < 4.78 is 0. The summed E-state index contributed by atoms with van der Waals surface area (Å²) in [4.78, 5) is 11.5. The molecular formula is C10H11Cl3N2O. The molecule has 0 fully saturated rings. The first-order valence-corrected chi connectivity index (χ1v) is 5.77. The van der Waals surface area contributed by atoms with Gasteiger partial charge in [0.2, 0.25) is 5.91 Å². The lowest BCUT2D eigenvalue weighted by Crippen LogP contribution is -2.19. The number of hydrogen-bond donors (Lipinski definition) is 2. The van der Waals surface area contributed by atoms with Crippen LogP contribution in [0.4, 0.5) is 5.69 Å². The van der Waals surface area contributed by atoms with Crippen molar-refractivity contribution in [3.8, 4) is 0 Å². The first-order chi connectivity index (χ1) is 7.54. The largest absolute Gasteiger partial charge is 0.324 e. The van der Waals surface area contributed by atoms with E-state index in [0.717, 1.165) is 0 Å². The average Bonchev–Trinajstić information content (AvgIpc) is 2.20. The molecule has 88 valence electrons. The quantitative estimate of drug-likeness (QED) is 0.890. The molecular weight excluding hydrogens is 270 g/mol. The Morgan fingerprint density at radius 1 is 1.25 bits per heavy atom. The lowest BCUT2D eigenvalue weighted by molar-refractivity contribution is -0.116. The smallest absolute Gasteiger partial charge is 0.225 e. The number of benzene rings is 1. The Balaban J connectivity index is 2.77. The number of carbonyl (C=O) groups is 1. The monoisotopic (exact) mass is 280 g/mol. The van der Waals surface area contributed by atoms with Crippen molar-refractivity contribution in [2.45, 2.75) is 6.42 Å². The zero-order valence-electron chi connectivity index (χ0n) is 8.61. The number of halogens is 3. The summed E-state index contributed by atoms with van der Waals surface area (Å²) in [5.41, 5.74) is 0.397. The van der Waals surface area contributed by atoms with Gasteiger partial charge >= 0.3 is 0 Å². The molecule has 0 aliphatic rings. The molecule has 0 bridgehead atoms. The number of nitrogens with one attached hydrogen (secondary N) is 2. The summed E-state index contributed by atoms with van der Waals surface area (Å²) in [7, 11) is 1.77. The fraction of sp³-hybridized carbons (Fsp3) is 0.300. The van der Waals surface area contributed by atoms with E-state index < -0.39 is 0 Å². The minimum absolute atomic E-state index is 0.152. The van der Waals surface area contributed by atoms with Gasteiger partial charge in [-0.2, -0.15) is 0 Å². The number of anilines is 1.